The summed E-state index contributed by atoms with van der Waals surface area (Å²) in [5.74, 6) is 3.14. The van der Waals surface area contributed by atoms with Gasteiger partial charge in [0, 0.05) is 17.4 Å². The number of fused-ring (bicyclic) bond motifs is 1. The fourth-order valence-electron chi connectivity index (χ4n) is 2.93. The van der Waals surface area contributed by atoms with Crippen LogP contribution in [0.25, 0.3) is 0 Å². The molecule has 0 aliphatic carbocycles. The average Bonchev–Trinajstić information content (AvgIpc) is 3.17. The van der Waals surface area contributed by atoms with Crippen molar-refractivity contribution in [2.45, 2.75) is 0 Å². The van der Waals surface area contributed by atoms with Crippen molar-refractivity contribution >= 4 is 17.1 Å². The number of methoxy groups -OCH3 is 2. The van der Waals surface area contributed by atoms with Gasteiger partial charge in [0.05, 0.1) is 19.9 Å². The molecule has 0 aromatic heterocycles. The van der Waals surface area contributed by atoms with Crippen LogP contribution in [-0.2, 0) is 0 Å². The maximum Gasteiger partial charge on any atom is 0.231 e. The summed E-state index contributed by atoms with van der Waals surface area (Å²) < 4.78 is 21.5. The highest BCUT2D eigenvalue weighted by atomic mass is 16.7. The van der Waals surface area contributed by atoms with Gasteiger partial charge in [-0.1, -0.05) is 0 Å². The number of rotatable bonds is 5. The lowest BCUT2D eigenvalue weighted by Crippen LogP contribution is -2.09. The molecule has 1 heterocycles. The summed E-state index contributed by atoms with van der Waals surface area (Å²) in [5.41, 5.74) is 2.99. The van der Waals surface area contributed by atoms with Gasteiger partial charge in [0.15, 0.2) is 11.5 Å². The van der Waals surface area contributed by atoms with Crippen LogP contribution in [0, 0.1) is 0 Å². The first-order valence-corrected chi connectivity index (χ1v) is 8.26. The van der Waals surface area contributed by atoms with Crippen LogP contribution >= 0.6 is 0 Å². The SMILES string of the molecule is COc1ccc(N(c2ccc(OC)cc2)c2ccc3c(c2)OCO3)cc1. The van der Waals surface area contributed by atoms with Gasteiger partial charge >= 0.3 is 0 Å². The lowest BCUT2D eigenvalue weighted by atomic mass is 10.1. The van der Waals surface area contributed by atoms with Crippen molar-refractivity contribution in [3.05, 3.63) is 66.7 Å². The Morgan fingerprint density at radius 3 is 1.69 bits per heavy atom. The highest BCUT2D eigenvalue weighted by molar-refractivity contribution is 5.78. The molecule has 0 saturated heterocycles. The van der Waals surface area contributed by atoms with E-state index in [-0.39, 0.29) is 6.79 Å². The molecule has 3 aromatic rings. The normalized spacial score (nSPS) is 11.9. The molecule has 0 unspecified atom stereocenters. The molecule has 3 aromatic carbocycles. The molecule has 0 atom stereocenters. The Labute approximate surface area is 152 Å². The van der Waals surface area contributed by atoms with Crippen LogP contribution in [-0.4, -0.2) is 21.0 Å². The Kier molecular flexibility index (Phi) is 4.27. The molecule has 0 radical (unpaired) electrons. The Morgan fingerprint density at radius 1 is 0.654 bits per heavy atom. The third kappa shape index (κ3) is 2.99. The second kappa shape index (κ2) is 6.88. The van der Waals surface area contributed by atoms with E-state index in [4.69, 9.17) is 18.9 Å². The molecule has 4 rings (SSSR count). The summed E-state index contributed by atoms with van der Waals surface area (Å²) >= 11 is 0. The van der Waals surface area contributed by atoms with Crippen LogP contribution < -0.4 is 23.8 Å². The Balaban J connectivity index is 1.79. The van der Waals surface area contributed by atoms with Crippen molar-refractivity contribution in [1.29, 1.82) is 0 Å². The van der Waals surface area contributed by atoms with E-state index in [1.165, 1.54) is 0 Å². The van der Waals surface area contributed by atoms with E-state index in [1.807, 2.05) is 66.7 Å². The lowest BCUT2D eigenvalue weighted by molar-refractivity contribution is 0.174. The molecule has 0 saturated carbocycles. The van der Waals surface area contributed by atoms with E-state index in [0.29, 0.717) is 0 Å². The van der Waals surface area contributed by atoms with Crippen LogP contribution in [0.3, 0.4) is 0 Å². The quantitative estimate of drug-likeness (QED) is 0.655. The zero-order valence-electron chi connectivity index (χ0n) is 14.6. The molecule has 5 nitrogen and oxygen atoms in total. The summed E-state index contributed by atoms with van der Waals surface area (Å²) in [6.45, 7) is 0.254. The molecule has 0 spiro atoms. The van der Waals surface area contributed by atoms with Gasteiger partial charge < -0.3 is 23.8 Å². The van der Waals surface area contributed by atoms with Crippen LogP contribution in [0.2, 0.25) is 0 Å². The number of nitrogens with zero attached hydrogens (tertiary/aromatic N) is 1. The number of hydrogen-bond acceptors (Lipinski definition) is 5. The summed E-state index contributed by atoms with van der Waals surface area (Å²) in [7, 11) is 3.32. The Morgan fingerprint density at radius 2 is 1.15 bits per heavy atom. The minimum Gasteiger partial charge on any atom is -0.497 e. The van der Waals surface area contributed by atoms with Crippen molar-refractivity contribution in [3.8, 4) is 23.0 Å². The van der Waals surface area contributed by atoms with Crippen LogP contribution in [0.1, 0.15) is 0 Å². The first kappa shape index (κ1) is 16.1. The third-order valence-electron chi connectivity index (χ3n) is 4.28. The molecule has 0 fully saturated rings. The smallest absolute Gasteiger partial charge is 0.231 e. The fourth-order valence-corrected chi connectivity index (χ4v) is 2.93. The van der Waals surface area contributed by atoms with Crippen LogP contribution in [0.4, 0.5) is 17.1 Å². The molecule has 0 N–H and O–H groups in total. The first-order chi connectivity index (χ1) is 12.8. The van der Waals surface area contributed by atoms with Gasteiger partial charge in [0.25, 0.3) is 0 Å². The molecule has 1 aliphatic rings. The summed E-state index contributed by atoms with van der Waals surface area (Å²) in [6, 6.07) is 21.8. The molecule has 0 amide bonds. The van der Waals surface area contributed by atoms with Crippen LogP contribution in [0.5, 0.6) is 23.0 Å². The molecular weight excluding hydrogens is 330 g/mol. The van der Waals surface area contributed by atoms with Gasteiger partial charge in [-0.3, -0.25) is 0 Å². The standard InChI is InChI=1S/C21H19NO4/c1-23-18-8-3-15(4-9-18)22(16-5-10-19(24-2)11-6-16)17-7-12-20-21(13-17)26-14-25-20/h3-13H,14H2,1-2H3. The summed E-state index contributed by atoms with van der Waals surface area (Å²) in [4.78, 5) is 2.14. The van der Waals surface area contributed by atoms with Crippen LogP contribution in [0.15, 0.2) is 66.7 Å². The lowest BCUT2D eigenvalue weighted by Gasteiger charge is -2.26. The fraction of sp³-hybridized carbons (Fsp3) is 0.143. The van der Waals surface area contributed by atoms with Crippen molar-refractivity contribution < 1.29 is 18.9 Å². The molecular formula is C21H19NO4. The predicted molar refractivity (Wildman–Crippen MR) is 100 cm³/mol. The second-order valence-electron chi connectivity index (χ2n) is 5.77. The molecule has 26 heavy (non-hydrogen) atoms. The molecule has 1 aliphatic heterocycles. The minimum atomic E-state index is 0.254. The number of ether oxygens (including phenoxy) is 4. The first-order valence-electron chi connectivity index (χ1n) is 8.26. The van der Waals surface area contributed by atoms with Gasteiger partial charge in [-0.2, -0.15) is 0 Å². The predicted octanol–water partition coefficient (Wildman–Crippen LogP) is 4.90. The molecule has 5 heteroatoms. The van der Waals surface area contributed by atoms with Gasteiger partial charge in [0.1, 0.15) is 11.5 Å². The highest BCUT2D eigenvalue weighted by Crippen LogP contribution is 2.41. The minimum absolute atomic E-state index is 0.254. The maximum absolute atomic E-state index is 5.55. The molecule has 132 valence electrons. The zero-order chi connectivity index (χ0) is 17.9. The van der Waals surface area contributed by atoms with E-state index >= 15 is 0 Å². The van der Waals surface area contributed by atoms with Gasteiger partial charge in [-0.15, -0.1) is 0 Å². The topological polar surface area (TPSA) is 40.2 Å². The van der Waals surface area contributed by atoms with Gasteiger partial charge in [-0.25, -0.2) is 0 Å². The maximum atomic E-state index is 5.55. The van der Waals surface area contributed by atoms with Crippen molar-refractivity contribution in [1.82, 2.24) is 0 Å². The van der Waals surface area contributed by atoms with Crippen molar-refractivity contribution in [2.24, 2.45) is 0 Å². The Hall–Kier alpha value is -3.34. The number of anilines is 3. The van der Waals surface area contributed by atoms with Crippen molar-refractivity contribution in [3.63, 3.8) is 0 Å². The van der Waals surface area contributed by atoms with Gasteiger partial charge in [-0.05, 0) is 60.7 Å². The largest absolute Gasteiger partial charge is 0.497 e. The average molecular weight is 349 g/mol. The van der Waals surface area contributed by atoms with E-state index in [9.17, 15) is 0 Å². The number of benzene rings is 3. The van der Waals surface area contributed by atoms with E-state index in [0.717, 1.165) is 40.1 Å². The summed E-state index contributed by atoms with van der Waals surface area (Å²) in [5, 5.41) is 0. The van der Waals surface area contributed by atoms with E-state index in [2.05, 4.69) is 4.90 Å². The van der Waals surface area contributed by atoms with E-state index < -0.39 is 0 Å². The summed E-state index contributed by atoms with van der Waals surface area (Å²) in [6.07, 6.45) is 0. The monoisotopic (exact) mass is 349 g/mol. The third-order valence-corrected chi connectivity index (χ3v) is 4.28. The number of hydrogen-bond donors (Lipinski definition) is 0. The van der Waals surface area contributed by atoms with Crippen molar-refractivity contribution in [2.75, 3.05) is 25.9 Å². The second-order valence-corrected chi connectivity index (χ2v) is 5.77. The van der Waals surface area contributed by atoms with E-state index in [1.54, 1.807) is 14.2 Å². The molecule has 0 bridgehead atoms. The Bertz CT molecular complexity index is 843. The zero-order valence-corrected chi connectivity index (χ0v) is 14.6. The van der Waals surface area contributed by atoms with Gasteiger partial charge in [0.2, 0.25) is 6.79 Å². The highest BCUT2D eigenvalue weighted by Gasteiger charge is 2.18.